The second-order valence-electron chi connectivity index (χ2n) is 4.31. The molecule has 0 amide bonds. The Kier molecular flexibility index (Phi) is 1.97. The fraction of sp³-hybridized carbons (Fsp3) is 0.800. The molecule has 0 atom stereocenters. The highest BCUT2D eigenvalue weighted by Gasteiger charge is 2.42. The van der Waals surface area contributed by atoms with E-state index in [1.807, 2.05) is 6.08 Å². The molecule has 0 bridgehead atoms. The van der Waals surface area contributed by atoms with Crippen molar-refractivity contribution in [3.8, 4) is 0 Å². The first-order valence-corrected chi connectivity index (χ1v) is 4.87. The van der Waals surface area contributed by atoms with Crippen molar-refractivity contribution in [2.75, 3.05) is 13.1 Å². The van der Waals surface area contributed by atoms with Crippen LogP contribution < -0.4 is 5.73 Å². The van der Waals surface area contributed by atoms with Crippen molar-refractivity contribution in [2.45, 2.75) is 37.3 Å². The molecule has 0 spiro atoms. The van der Waals surface area contributed by atoms with Gasteiger partial charge in [0.2, 0.25) is 0 Å². The molecule has 0 unspecified atom stereocenters. The lowest BCUT2D eigenvalue weighted by atomic mass is 10.2. The van der Waals surface area contributed by atoms with E-state index in [9.17, 15) is 0 Å². The van der Waals surface area contributed by atoms with Crippen LogP contribution in [0, 0.1) is 0 Å². The number of rotatable bonds is 5. The monoisotopic (exact) mass is 166 g/mol. The first-order valence-electron chi connectivity index (χ1n) is 4.87. The number of hydrogen-bond acceptors (Lipinski definition) is 2. The fourth-order valence-corrected chi connectivity index (χ4v) is 1.67. The summed E-state index contributed by atoms with van der Waals surface area (Å²) in [6.45, 7) is 5.88. The zero-order valence-electron chi connectivity index (χ0n) is 7.63. The van der Waals surface area contributed by atoms with E-state index in [2.05, 4.69) is 11.5 Å². The van der Waals surface area contributed by atoms with Gasteiger partial charge >= 0.3 is 0 Å². The summed E-state index contributed by atoms with van der Waals surface area (Å²) in [6.07, 6.45) is 7.15. The average Bonchev–Trinajstić information content (AvgIpc) is 2.83. The van der Waals surface area contributed by atoms with E-state index in [0.29, 0.717) is 0 Å². The van der Waals surface area contributed by atoms with Crippen LogP contribution in [0.5, 0.6) is 0 Å². The van der Waals surface area contributed by atoms with Gasteiger partial charge in [-0.25, -0.2) is 0 Å². The zero-order valence-corrected chi connectivity index (χ0v) is 7.63. The summed E-state index contributed by atoms with van der Waals surface area (Å²) < 4.78 is 0. The van der Waals surface area contributed by atoms with Crippen LogP contribution >= 0.6 is 0 Å². The van der Waals surface area contributed by atoms with Crippen LogP contribution in [0.4, 0.5) is 0 Å². The molecule has 0 aromatic carbocycles. The number of nitrogens with zero attached hydrogens (tertiary/aromatic N) is 1. The lowest BCUT2D eigenvalue weighted by Gasteiger charge is -2.23. The van der Waals surface area contributed by atoms with Gasteiger partial charge in [-0.1, -0.05) is 6.08 Å². The van der Waals surface area contributed by atoms with Crippen LogP contribution in [0.3, 0.4) is 0 Å². The maximum Gasteiger partial charge on any atom is 0.0285 e. The van der Waals surface area contributed by atoms with Crippen molar-refractivity contribution >= 4 is 0 Å². The highest BCUT2D eigenvalue weighted by Crippen LogP contribution is 2.36. The van der Waals surface area contributed by atoms with Crippen LogP contribution in [-0.4, -0.2) is 29.6 Å². The van der Waals surface area contributed by atoms with E-state index in [4.69, 9.17) is 5.73 Å². The molecular formula is C10H18N2. The quantitative estimate of drug-likeness (QED) is 0.620. The Morgan fingerprint density at radius 3 is 2.58 bits per heavy atom. The Morgan fingerprint density at radius 2 is 2.17 bits per heavy atom. The summed E-state index contributed by atoms with van der Waals surface area (Å²) in [4.78, 5) is 2.49. The van der Waals surface area contributed by atoms with E-state index in [1.54, 1.807) is 0 Å². The van der Waals surface area contributed by atoms with Gasteiger partial charge in [-0.2, -0.15) is 0 Å². The van der Waals surface area contributed by atoms with Crippen LogP contribution in [-0.2, 0) is 0 Å². The minimum absolute atomic E-state index is 0.172. The average molecular weight is 166 g/mol. The summed E-state index contributed by atoms with van der Waals surface area (Å²) in [5, 5.41) is 0. The molecule has 2 rings (SSSR count). The molecule has 2 aliphatic carbocycles. The fourth-order valence-electron chi connectivity index (χ4n) is 1.67. The zero-order chi connectivity index (χ0) is 8.60. The Balaban J connectivity index is 1.83. The Morgan fingerprint density at radius 1 is 1.50 bits per heavy atom. The third kappa shape index (κ3) is 1.87. The minimum atomic E-state index is 0.172. The molecule has 0 heterocycles. The lowest BCUT2D eigenvalue weighted by Crippen LogP contribution is -2.40. The molecule has 12 heavy (non-hydrogen) atoms. The van der Waals surface area contributed by atoms with E-state index >= 15 is 0 Å². The van der Waals surface area contributed by atoms with Gasteiger partial charge in [-0.05, 0) is 25.7 Å². The van der Waals surface area contributed by atoms with Crippen LogP contribution in [0.1, 0.15) is 25.7 Å². The van der Waals surface area contributed by atoms with Crippen molar-refractivity contribution < 1.29 is 0 Å². The maximum atomic E-state index is 6.07. The molecule has 0 radical (unpaired) electrons. The lowest BCUT2D eigenvalue weighted by molar-refractivity contribution is 0.265. The van der Waals surface area contributed by atoms with Gasteiger partial charge in [-0.15, -0.1) is 6.58 Å². The Labute approximate surface area is 74.4 Å². The molecule has 2 saturated carbocycles. The van der Waals surface area contributed by atoms with E-state index in [-0.39, 0.29) is 5.54 Å². The Hall–Kier alpha value is -0.340. The van der Waals surface area contributed by atoms with Crippen LogP contribution in [0.25, 0.3) is 0 Å². The molecule has 0 aromatic heterocycles. The predicted octanol–water partition coefficient (Wildman–Crippen LogP) is 1.13. The van der Waals surface area contributed by atoms with Crippen molar-refractivity contribution in [1.29, 1.82) is 0 Å². The molecule has 0 aromatic rings. The van der Waals surface area contributed by atoms with Crippen LogP contribution in [0.2, 0.25) is 0 Å². The van der Waals surface area contributed by atoms with Gasteiger partial charge in [0, 0.05) is 24.7 Å². The maximum absolute atomic E-state index is 6.07. The molecular weight excluding hydrogens is 148 g/mol. The smallest absolute Gasteiger partial charge is 0.0285 e. The third-order valence-corrected chi connectivity index (χ3v) is 2.84. The first kappa shape index (κ1) is 8.27. The van der Waals surface area contributed by atoms with Crippen LogP contribution in [0.15, 0.2) is 12.7 Å². The summed E-state index contributed by atoms with van der Waals surface area (Å²) >= 11 is 0. The van der Waals surface area contributed by atoms with Crippen molar-refractivity contribution in [3.05, 3.63) is 12.7 Å². The SMILES string of the molecule is C=CCN(CC1(N)CC1)C1CC1. The summed E-state index contributed by atoms with van der Waals surface area (Å²) in [5.41, 5.74) is 6.24. The van der Waals surface area contributed by atoms with Gasteiger partial charge in [0.05, 0.1) is 0 Å². The summed E-state index contributed by atoms with van der Waals surface area (Å²) in [7, 11) is 0. The summed E-state index contributed by atoms with van der Waals surface area (Å²) in [6, 6.07) is 0.823. The highest BCUT2D eigenvalue weighted by molar-refractivity contribution is 5.03. The van der Waals surface area contributed by atoms with Gasteiger partial charge in [0.1, 0.15) is 0 Å². The van der Waals surface area contributed by atoms with Gasteiger partial charge < -0.3 is 5.73 Å². The highest BCUT2D eigenvalue weighted by atomic mass is 15.2. The topological polar surface area (TPSA) is 29.3 Å². The van der Waals surface area contributed by atoms with E-state index in [0.717, 1.165) is 19.1 Å². The van der Waals surface area contributed by atoms with E-state index < -0.39 is 0 Å². The molecule has 0 aliphatic heterocycles. The first-order chi connectivity index (χ1) is 5.73. The van der Waals surface area contributed by atoms with Gasteiger partial charge in [-0.3, -0.25) is 4.90 Å². The second kappa shape index (κ2) is 2.86. The molecule has 2 heteroatoms. The van der Waals surface area contributed by atoms with Crippen molar-refractivity contribution in [3.63, 3.8) is 0 Å². The van der Waals surface area contributed by atoms with Gasteiger partial charge in [0.15, 0.2) is 0 Å². The number of hydrogen-bond donors (Lipinski definition) is 1. The molecule has 2 aliphatic rings. The standard InChI is InChI=1S/C10H18N2/c1-2-7-12(9-3-4-9)8-10(11)5-6-10/h2,9H,1,3-8,11H2. The largest absolute Gasteiger partial charge is 0.324 e. The molecule has 0 saturated heterocycles. The Bertz CT molecular complexity index is 180. The molecule has 2 N–H and O–H groups in total. The predicted molar refractivity (Wildman–Crippen MR) is 50.9 cm³/mol. The molecule has 68 valence electrons. The van der Waals surface area contributed by atoms with Gasteiger partial charge in [0.25, 0.3) is 0 Å². The second-order valence-corrected chi connectivity index (χ2v) is 4.31. The molecule has 2 nitrogen and oxygen atoms in total. The number of nitrogens with two attached hydrogens (primary N) is 1. The molecule has 2 fully saturated rings. The third-order valence-electron chi connectivity index (χ3n) is 2.84. The summed E-state index contributed by atoms with van der Waals surface area (Å²) in [5.74, 6) is 0. The van der Waals surface area contributed by atoms with Crippen molar-refractivity contribution in [1.82, 2.24) is 4.90 Å². The normalized spacial score (nSPS) is 25.8. The van der Waals surface area contributed by atoms with Crippen molar-refractivity contribution in [2.24, 2.45) is 5.73 Å². The minimum Gasteiger partial charge on any atom is -0.324 e. The van der Waals surface area contributed by atoms with E-state index in [1.165, 1.54) is 25.7 Å².